The largest absolute Gasteiger partial charge is 0.457 e. The van der Waals surface area contributed by atoms with Crippen LogP contribution in [0.5, 0.6) is 11.5 Å². The molecule has 11 rings (SSSR count). The number of para-hydroxylation sites is 2. The van der Waals surface area contributed by atoms with E-state index in [1.807, 2.05) is 0 Å². The van der Waals surface area contributed by atoms with Crippen molar-refractivity contribution < 1.29 is 4.74 Å². The van der Waals surface area contributed by atoms with E-state index in [9.17, 15) is 0 Å². The first-order chi connectivity index (χ1) is 27.8. The Bertz CT molecular complexity index is 2710. The summed E-state index contributed by atoms with van der Waals surface area (Å²) in [6, 6.07) is 61.3. The molecular formula is C52H39N3O. The Morgan fingerprint density at radius 1 is 0.554 bits per heavy atom. The van der Waals surface area contributed by atoms with Crippen molar-refractivity contribution in [2.75, 3.05) is 0 Å². The predicted octanol–water partition coefficient (Wildman–Crippen LogP) is 12.1. The van der Waals surface area contributed by atoms with E-state index in [-0.39, 0.29) is 12.3 Å². The summed E-state index contributed by atoms with van der Waals surface area (Å²) >= 11 is 0. The van der Waals surface area contributed by atoms with E-state index >= 15 is 0 Å². The van der Waals surface area contributed by atoms with Crippen molar-refractivity contribution in [3.8, 4) is 44.9 Å². The van der Waals surface area contributed by atoms with Crippen molar-refractivity contribution >= 4 is 5.84 Å². The van der Waals surface area contributed by atoms with Gasteiger partial charge in [0.15, 0.2) is 0 Å². The van der Waals surface area contributed by atoms with E-state index in [2.05, 4.69) is 199 Å². The van der Waals surface area contributed by atoms with Crippen molar-refractivity contribution in [3.63, 3.8) is 0 Å². The first-order valence-electron chi connectivity index (χ1n) is 19.6. The van der Waals surface area contributed by atoms with Gasteiger partial charge in [-0.15, -0.1) is 0 Å². The molecule has 2 aliphatic carbocycles. The van der Waals surface area contributed by atoms with Crippen LogP contribution < -0.4 is 15.4 Å². The lowest BCUT2D eigenvalue weighted by Crippen LogP contribution is -2.45. The third-order valence-corrected chi connectivity index (χ3v) is 11.9. The normalized spacial score (nSPS) is 18.4. The number of amidine groups is 1. The molecule has 4 aliphatic rings. The highest BCUT2D eigenvalue weighted by Gasteiger charge is 2.51. The lowest BCUT2D eigenvalue weighted by Gasteiger charge is -2.39. The molecule has 0 saturated carbocycles. The van der Waals surface area contributed by atoms with Gasteiger partial charge in [-0.25, -0.2) is 4.99 Å². The fourth-order valence-electron chi connectivity index (χ4n) is 9.41. The van der Waals surface area contributed by atoms with Gasteiger partial charge in [-0.3, -0.25) is 5.32 Å². The average Bonchev–Trinajstić information content (AvgIpc) is 3.58. The molecule has 0 amide bonds. The minimum atomic E-state index is -0.507. The molecule has 2 N–H and O–H groups in total. The number of nitrogens with zero attached hydrogens (tertiary/aromatic N) is 1. The molecule has 56 heavy (non-hydrogen) atoms. The van der Waals surface area contributed by atoms with E-state index in [0.717, 1.165) is 41.3 Å². The first-order valence-corrected chi connectivity index (χ1v) is 19.6. The standard InChI is InChI=1S/C52H39N3O/c1-3-16-34(17-4-1)36-20-13-22-38(32-36)50-53-49(35-18-5-2-6-19-35)54-51(55-50)39-23-14-21-37(33-39)40-25-15-29-45-48(40)41-24-7-8-26-42(41)52(45)43-27-9-11-30-46(43)56-47-31-12-10-28-44(47)52/h1-5,7-18,20-33,50-51,55H,6,19H2,(H,53,54). The van der Waals surface area contributed by atoms with Gasteiger partial charge in [0.05, 0.1) is 5.41 Å². The van der Waals surface area contributed by atoms with Crippen LogP contribution in [0.1, 0.15) is 58.6 Å². The zero-order chi connectivity index (χ0) is 37.1. The molecule has 0 aromatic heterocycles. The number of hydrogen-bond donors (Lipinski definition) is 2. The lowest BCUT2D eigenvalue weighted by molar-refractivity contribution is 0.408. The summed E-state index contributed by atoms with van der Waals surface area (Å²) in [5, 5.41) is 7.71. The summed E-state index contributed by atoms with van der Waals surface area (Å²) in [4.78, 5) is 5.31. The molecule has 0 bridgehead atoms. The van der Waals surface area contributed by atoms with Crippen LogP contribution in [0, 0.1) is 0 Å². The molecular weight excluding hydrogens is 683 g/mol. The van der Waals surface area contributed by atoms with Crippen LogP contribution in [-0.4, -0.2) is 5.84 Å². The Labute approximate surface area is 327 Å². The average molecular weight is 722 g/mol. The highest BCUT2D eigenvalue weighted by Crippen LogP contribution is 2.63. The minimum Gasteiger partial charge on any atom is -0.457 e. The second kappa shape index (κ2) is 13.2. The van der Waals surface area contributed by atoms with Gasteiger partial charge in [0.2, 0.25) is 0 Å². The van der Waals surface area contributed by atoms with Crippen LogP contribution in [0.3, 0.4) is 0 Å². The maximum absolute atomic E-state index is 6.58. The van der Waals surface area contributed by atoms with Crippen molar-refractivity contribution in [1.82, 2.24) is 10.6 Å². The van der Waals surface area contributed by atoms with Crippen molar-refractivity contribution in [1.29, 1.82) is 0 Å². The van der Waals surface area contributed by atoms with Crippen LogP contribution in [0.4, 0.5) is 0 Å². The van der Waals surface area contributed by atoms with Crippen LogP contribution in [0.2, 0.25) is 0 Å². The van der Waals surface area contributed by atoms with Gasteiger partial charge < -0.3 is 10.1 Å². The molecule has 7 aromatic rings. The number of aliphatic imine (C=N–C) groups is 1. The number of allylic oxidation sites excluding steroid dienone is 3. The summed E-state index contributed by atoms with van der Waals surface area (Å²) < 4.78 is 6.58. The molecule has 4 heteroatoms. The Kier molecular flexibility index (Phi) is 7.71. The number of nitrogens with one attached hydrogen (secondary N) is 2. The summed E-state index contributed by atoms with van der Waals surface area (Å²) in [7, 11) is 0. The summed E-state index contributed by atoms with van der Waals surface area (Å²) in [6.07, 6.45) is 8.17. The number of rotatable bonds is 5. The Morgan fingerprint density at radius 2 is 1.18 bits per heavy atom. The highest BCUT2D eigenvalue weighted by molar-refractivity contribution is 6.00. The van der Waals surface area contributed by atoms with Gasteiger partial charge in [0, 0.05) is 11.1 Å². The summed E-state index contributed by atoms with van der Waals surface area (Å²) in [6.45, 7) is 0. The molecule has 0 fully saturated rings. The van der Waals surface area contributed by atoms with Crippen LogP contribution in [0.15, 0.2) is 199 Å². The van der Waals surface area contributed by atoms with Crippen molar-refractivity contribution in [2.45, 2.75) is 30.6 Å². The van der Waals surface area contributed by atoms with Gasteiger partial charge in [-0.05, 0) is 98.3 Å². The molecule has 268 valence electrons. The molecule has 4 nitrogen and oxygen atoms in total. The molecule has 0 saturated heterocycles. The molecule has 0 radical (unpaired) electrons. The number of hydrogen-bond acceptors (Lipinski definition) is 4. The molecule has 7 aromatic carbocycles. The molecule has 1 spiro atoms. The van der Waals surface area contributed by atoms with E-state index in [1.165, 1.54) is 61.2 Å². The summed E-state index contributed by atoms with van der Waals surface area (Å²) in [5.41, 5.74) is 15.2. The summed E-state index contributed by atoms with van der Waals surface area (Å²) in [5.74, 6) is 2.76. The highest BCUT2D eigenvalue weighted by atomic mass is 16.5. The molecule has 2 heterocycles. The SMILES string of the molecule is C1=CCCC(C2=NC(c3cccc(-c4ccccc4)c3)NC(c3cccc(-c4cccc5c4-c4ccccc4C54c5ccccc5Oc5ccccc54)c3)N2)=C1. The van der Waals surface area contributed by atoms with Gasteiger partial charge in [0.1, 0.15) is 29.7 Å². The maximum Gasteiger partial charge on any atom is 0.132 e. The van der Waals surface area contributed by atoms with Gasteiger partial charge >= 0.3 is 0 Å². The Balaban J connectivity index is 1.03. The Morgan fingerprint density at radius 3 is 1.96 bits per heavy atom. The number of benzene rings is 7. The third kappa shape index (κ3) is 5.14. The maximum atomic E-state index is 6.58. The topological polar surface area (TPSA) is 45.7 Å². The van der Waals surface area contributed by atoms with Crippen molar-refractivity contribution in [3.05, 3.63) is 227 Å². The van der Waals surface area contributed by atoms with E-state index in [0.29, 0.717) is 0 Å². The minimum absolute atomic E-state index is 0.163. The second-order valence-electron chi connectivity index (χ2n) is 15.0. The number of ether oxygens (including phenoxy) is 1. The zero-order valence-electron chi connectivity index (χ0n) is 30.8. The number of fused-ring (bicyclic) bond motifs is 9. The van der Waals surface area contributed by atoms with Gasteiger partial charge in [0.25, 0.3) is 0 Å². The van der Waals surface area contributed by atoms with Crippen LogP contribution in [0.25, 0.3) is 33.4 Å². The monoisotopic (exact) mass is 721 g/mol. The molecule has 2 atom stereocenters. The molecule has 2 unspecified atom stereocenters. The predicted molar refractivity (Wildman–Crippen MR) is 227 cm³/mol. The smallest absolute Gasteiger partial charge is 0.132 e. The van der Waals surface area contributed by atoms with Crippen LogP contribution >= 0.6 is 0 Å². The van der Waals surface area contributed by atoms with Crippen molar-refractivity contribution in [2.24, 2.45) is 4.99 Å². The fraction of sp³-hybridized carbons (Fsp3) is 0.0962. The van der Waals surface area contributed by atoms with E-state index < -0.39 is 5.41 Å². The van der Waals surface area contributed by atoms with Gasteiger partial charge in [-0.2, -0.15) is 0 Å². The second-order valence-corrected chi connectivity index (χ2v) is 15.0. The lowest BCUT2D eigenvalue weighted by atomic mass is 9.66. The van der Waals surface area contributed by atoms with Crippen LogP contribution in [-0.2, 0) is 5.41 Å². The quantitative estimate of drug-likeness (QED) is 0.186. The first kappa shape index (κ1) is 32.7. The Hall–Kier alpha value is -6.75. The van der Waals surface area contributed by atoms with E-state index in [1.54, 1.807) is 0 Å². The fourth-order valence-corrected chi connectivity index (χ4v) is 9.41. The van der Waals surface area contributed by atoms with E-state index in [4.69, 9.17) is 9.73 Å². The molecule has 2 aliphatic heterocycles. The third-order valence-electron chi connectivity index (χ3n) is 11.9. The zero-order valence-corrected chi connectivity index (χ0v) is 30.8. The van der Waals surface area contributed by atoms with Gasteiger partial charge in [-0.1, -0.05) is 164 Å².